The largest absolute Gasteiger partial charge is 0.497 e. The zero-order chi connectivity index (χ0) is 19.8. The maximum atomic E-state index is 14.3. The minimum Gasteiger partial charge on any atom is -0.497 e. The molecule has 2 amide bonds. The quantitative estimate of drug-likeness (QED) is 0.759. The van der Waals surface area contributed by atoms with E-state index in [0.29, 0.717) is 24.4 Å². The van der Waals surface area contributed by atoms with Crippen LogP contribution in [0, 0.1) is 11.6 Å². The molecule has 2 heterocycles. The predicted molar refractivity (Wildman–Crippen MR) is 99.6 cm³/mol. The molecule has 2 aromatic rings. The van der Waals surface area contributed by atoms with Crippen LogP contribution in [0.5, 0.6) is 5.75 Å². The molecule has 0 radical (unpaired) electrons. The van der Waals surface area contributed by atoms with E-state index in [4.69, 9.17) is 4.74 Å². The fourth-order valence-corrected chi connectivity index (χ4v) is 3.65. The van der Waals surface area contributed by atoms with E-state index < -0.39 is 23.4 Å². The Hall–Kier alpha value is -3.22. The molecule has 144 valence electrons. The van der Waals surface area contributed by atoms with Gasteiger partial charge in [0.25, 0.3) is 11.8 Å². The lowest BCUT2D eigenvalue weighted by Crippen LogP contribution is -2.35. The smallest absolute Gasteiger partial charge is 0.282 e. The number of hydrogen-bond donors (Lipinski definition) is 0. The summed E-state index contributed by atoms with van der Waals surface area (Å²) in [5.41, 5.74) is 0.574. The summed E-state index contributed by atoms with van der Waals surface area (Å²) < 4.78 is 33.2. The van der Waals surface area contributed by atoms with Crippen LogP contribution >= 0.6 is 0 Å². The average Bonchev–Trinajstić information content (AvgIpc) is 3.30. The summed E-state index contributed by atoms with van der Waals surface area (Å²) in [7, 11) is 1.53. The summed E-state index contributed by atoms with van der Waals surface area (Å²) in [4.78, 5) is 28.9. The number of benzene rings is 2. The van der Waals surface area contributed by atoms with Crippen molar-refractivity contribution in [2.24, 2.45) is 0 Å². The molecule has 1 fully saturated rings. The Labute approximate surface area is 160 Å². The summed E-state index contributed by atoms with van der Waals surface area (Å²) in [6, 6.07) is 9.46. The second kappa shape index (κ2) is 7.07. The third-order valence-corrected chi connectivity index (χ3v) is 5.01. The van der Waals surface area contributed by atoms with Crippen molar-refractivity contribution >= 4 is 23.1 Å². The van der Waals surface area contributed by atoms with Crippen molar-refractivity contribution in [1.29, 1.82) is 0 Å². The lowest BCUT2D eigenvalue weighted by molar-refractivity contribution is -0.120. The van der Waals surface area contributed by atoms with Crippen molar-refractivity contribution in [2.75, 3.05) is 25.1 Å². The lowest BCUT2D eigenvalue weighted by atomic mass is 10.0. The number of methoxy groups -OCH3 is 1. The second-order valence-corrected chi connectivity index (χ2v) is 6.69. The van der Waals surface area contributed by atoms with Crippen molar-refractivity contribution in [3.05, 3.63) is 65.4 Å². The Morgan fingerprint density at radius 3 is 2.25 bits per heavy atom. The maximum absolute atomic E-state index is 14.3. The molecule has 0 N–H and O–H groups in total. The van der Waals surface area contributed by atoms with E-state index in [1.165, 1.54) is 7.11 Å². The van der Waals surface area contributed by atoms with Crippen molar-refractivity contribution in [3.8, 4) is 5.75 Å². The van der Waals surface area contributed by atoms with Crippen molar-refractivity contribution in [3.63, 3.8) is 0 Å². The number of ether oxygens (including phenoxy) is 1. The molecule has 5 nitrogen and oxygen atoms in total. The van der Waals surface area contributed by atoms with Crippen LogP contribution in [0.1, 0.15) is 18.4 Å². The van der Waals surface area contributed by atoms with Gasteiger partial charge < -0.3 is 9.64 Å². The van der Waals surface area contributed by atoms with Crippen LogP contribution in [0.3, 0.4) is 0 Å². The maximum Gasteiger partial charge on any atom is 0.282 e. The molecular formula is C21H18F2N2O3. The summed E-state index contributed by atoms with van der Waals surface area (Å²) >= 11 is 0. The number of carbonyl (C=O) groups is 2. The number of nitrogens with zero attached hydrogens (tertiary/aromatic N) is 2. The van der Waals surface area contributed by atoms with Gasteiger partial charge in [0.15, 0.2) is 0 Å². The summed E-state index contributed by atoms with van der Waals surface area (Å²) in [6.07, 6.45) is 1.80. The minimum absolute atomic E-state index is 0.193. The molecule has 0 saturated carbocycles. The second-order valence-electron chi connectivity index (χ2n) is 6.69. The van der Waals surface area contributed by atoms with E-state index in [0.717, 1.165) is 35.9 Å². The molecule has 0 bridgehead atoms. The molecule has 0 atom stereocenters. The summed E-state index contributed by atoms with van der Waals surface area (Å²) in [5, 5.41) is 0. The molecule has 28 heavy (non-hydrogen) atoms. The minimum atomic E-state index is -0.833. The number of amides is 2. The highest BCUT2D eigenvalue weighted by Gasteiger charge is 2.44. The Morgan fingerprint density at radius 2 is 1.61 bits per heavy atom. The number of likely N-dealkylation sites (tertiary alicyclic amines) is 1. The fraction of sp³-hybridized carbons (Fsp3) is 0.238. The molecule has 1 saturated heterocycles. The van der Waals surface area contributed by atoms with Gasteiger partial charge in [-0.05, 0) is 42.7 Å². The standard InChI is InChI=1S/C21H18F2N2O3/c1-28-15-7-4-13(5-8-15)18-19(24-10-2-3-11-24)21(27)25(20(18)26)17-12-14(22)6-9-16(17)23/h4-9,12H,2-3,10-11H2,1H3. The molecule has 4 rings (SSSR count). The van der Waals surface area contributed by atoms with Crippen LogP contribution in [-0.4, -0.2) is 36.9 Å². The topological polar surface area (TPSA) is 49.9 Å². The van der Waals surface area contributed by atoms with Gasteiger partial charge in [0.2, 0.25) is 0 Å². The van der Waals surface area contributed by atoms with Gasteiger partial charge in [0.1, 0.15) is 23.1 Å². The van der Waals surface area contributed by atoms with Crippen LogP contribution in [0.25, 0.3) is 5.57 Å². The molecule has 7 heteroatoms. The fourth-order valence-electron chi connectivity index (χ4n) is 3.65. The summed E-state index contributed by atoms with van der Waals surface area (Å²) in [6.45, 7) is 1.26. The van der Waals surface area contributed by atoms with Crippen molar-refractivity contribution in [1.82, 2.24) is 4.90 Å². The lowest BCUT2D eigenvalue weighted by Gasteiger charge is -2.20. The van der Waals surface area contributed by atoms with Crippen LogP contribution in [0.15, 0.2) is 48.2 Å². The van der Waals surface area contributed by atoms with E-state index in [1.807, 2.05) is 4.90 Å². The van der Waals surface area contributed by atoms with Crippen molar-refractivity contribution in [2.45, 2.75) is 12.8 Å². The van der Waals surface area contributed by atoms with E-state index in [9.17, 15) is 18.4 Å². The highest BCUT2D eigenvalue weighted by Crippen LogP contribution is 2.37. The normalized spacial score (nSPS) is 17.1. The SMILES string of the molecule is COc1ccc(C2=C(N3CCCC3)C(=O)N(c3cc(F)ccc3F)C2=O)cc1. The van der Waals surface area contributed by atoms with Gasteiger partial charge in [-0.25, -0.2) is 13.7 Å². The molecular weight excluding hydrogens is 366 g/mol. The van der Waals surface area contributed by atoms with Gasteiger partial charge in [-0.1, -0.05) is 12.1 Å². The van der Waals surface area contributed by atoms with E-state index in [1.54, 1.807) is 24.3 Å². The first-order valence-electron chi connectivity index (χ1n) is 8.98. The van der Waals surface area contributed by atoms with Gasteiger partial charge in [-0.15, -0.1) is 0 Å². The van der Waals surface area contributed by atoms with Gasteiger partial charge in [0, 0.05) is 19.2 Å². The van der Waals surface area contributed by atoms with Gasteiger partial charge >= 0.3 is 0 Å². The van der Waals surface area contributed by atoms with Crippen molar-refractivity contribution < 1.29 is 23.1 Å². The number of halogens is 2. The zero-order valence-electron chi connectivity index (χ0n) is 15.2. The van der Waals surface area contributed by atoms with E-state index in [-0.39, 0.29) is 17.0 Å². The summed E-state index contributed by atoms with van der Waals surface area (Å²) in [5.74, 6) is -2.25. The van der Waals surface area contributed by atoms with Gasteiger partial charge in [-0.2, -0.15) is 0 Å². The number of carbonyl (C=O) groups excluding carboxylic acids is 2. The van der Waals surface area contributed by atoms with Crippen LogP contribution < -0.4 is 9.64 Å². The van der Waals surface area contributed by atoms with Crippen LogP contribution in [0.4, 0.5) is 14.5 Å². The Morgan fingerprint density at radius 1 is 0.929 bits per heavy atom. The number of rotatable bonds is 4. The van der Waals surface area contributed by atoms with Gasteiger partial charge in [-0.3, -0.25) is 9.59 Å². The van der Waals surface area contributed by atoms with E-state index >= 15 is 0 Å². The average molecular weight is 384 g/mol. The highest BCUT2D eigenvalue weighted by atomic mass is 19.1. The van der Waals surface area contributed by atoms with E-state index in [2.05, 4.69) is 0 Å². The Balaban J connectivity index is 1.84. The Bertz CT molecular complexity index is 980. The molecule has 2 aromatic carbocycles. The number of hydrogen-bond acceptors (Lipinski definition) is 4. The third-order valence-electron chi connectivity index (χ3n) is 5.01. The number of anilines is 1. The molecule has 0 spiro atoms. The molecule has 0 aliphatic carbocycles. The highest BCUT2D eigenvalue weighted by molar-refractivity contribution is 6.45. The molecule has 2 aliphatic heterocycles. The number of imide groups is 1. The first-order chi connectivity index (χ1) is 13.5. The molecule has 0 unspecified atom stereocenters. The monoisotopic (exact) mass is 384 g/mol. The first kappa shape index (κ1) is 18.2. The van der Waals surface area contributed by atoms with Gasteiger partial charge in [0.05, 0.1) is 18.4 Å². The molecule has 0 aromatic heterocycles. The first-order valence-corrected chi connectivity index (χ1v) is 8.98. The Kier molecular flexibility index (Phi) is 4.58. The van der Waals surface area contributed by atoms with Crippen LogP contribution in [-0.2, 0) is 9.59 Å². The third kappa shape index (κ3) is 2.93. The zero-order valence-corrected chi connectivity index (χ0v) is 15.2. The predicted octanol–water partition coefficient (Wildman–Crippen LogP) is 3.35. The van der Waals surface area contributed by atoms with Crippen LogP contribution in [0.2, 0.25) is 0 Å². The molecule has 2 aliphatic rings.